The average molecular weight is 313 g/mol. The Bertz CT molecular complexity index is 593. The maximum atomic E-state index is 12.2. The van der Waals surface area contributed by atoms with Gasteiger partial charge in [-0.1, -0.05) is 37.3 Å². The van der Waals surface area contributed by atoms with Gasteiger partial charge in [0, 0.05) is 13.0 Å². The highest BCUT2D eigenvalue weighted by Gasteiger charge is 2.45. The minimum Gasteiger partial charge on any atom is -0.480 e. The second-order valence-corrected chi connectivity index (χ2v) is 7.15. The van der Waals surface area contributed by atoms with Crippen LogP contribution in [-0.2, 0) is 19.6 Å². The number of sulfonamides is 1. The van der Waals surface area contributed by atoms with E-state index in [1.807, 2.05) is 30.3 Å². The van der Waals surface area contributed by atoms with E-state index in [0.29, 0.717) is 0 Å². The van der Waals surface area contributed by atoms with Crippen molar-refractivity contribution in [3.8, 4) is 0 Å². The van der Waals surface area contributed by atoms with Gasteiger partial charge in [-0.15, -0.1) is 0 Å². The third kappa shape index (κ3) is 3.81. The predicted molar refractivity (Wildman–Crippen MR) is 77.6 cm³/mol. The van der Waals surface area contributed by atoms with Gasteiger partial charge in [-0.3, -0.25) is 4.79 Å². The molecule has 6 nitrogen and oxygen atoms in total. The summed E-state index contributed by atoms with van der Waals surface area (Å²) in [6, 6.07) is 9.25. The fourth-order valence-electron chi connectivity index (χ4n) is 2.40. The quantitative estimate of drug-likeness (QED) is 0.816. The fourth-order valence-corrected chi connectivity index (χ4v) is 4.18. The topological polar surface area (TPSA) is 92.7 Å². The lowest BCUT2D eigenvalue weighted by Crippen LogP contribution is -2.55. The minimum atomic E-state index is -3.73. The number of carboxylic acid groups (broad SMARTS) is 1. The van der Waals surface area contributed by atoms with Gasteiger partial charge >= 0.3 is 5.97 Å². The number of carbonyl (C=O) groups is 1. The molecule has 0 spiro atoms. The van der Waals surface area contributed by atoms with Crippen LogP contribution in [0.2, 0.25) is 0 Å². The molecule has 1 saturated heterocycles. The molecule has 1 fully saturated rings. The molecule has 0 amide bonds. The van der Waals surface area contributed by atoms with E-state index >= 15 is 0 Å². The first-order chi connectivity index (χ1) is 9.85. The second kappa shape index (κ2) is 6.13. The van der Waals surface area contributed by atoms with Gasteiger partial charge < -0.3 is 9.84 Å². The van der Waals surface area contributed by atoms with Crippen molar-refractivity contribution in [2.75, 3.05) is 19.0 Å². The molecule has 1 aliphatic rings. The van der Waals surface area contributed by atoms with Crippen molar-refractivity contribution >= 4 is 16.0 Å². The van der Waals surface area contributed by atoms with Crippen molar-refractivity contribution in [2.24, 2.45) is 0 Å². The first kappa shape index (κ1) is 15.9. The summed E-state index contributed by atoms with van der Waals surface area (Å²) >= 11 is 0. The summed E-state index contributed by atoms with van der Waals surface area (Å²) in [5.41, 5.74) is -0.634. The van der Waals surface area contributed by atoms with Crippen LogP contribution in [0.3, 0.4) is 0 Å². The van der Waals surface area contributed by atoms with Crippen LogP contribution in [-0.4, -0.2) is 44.0 Å². The molecule has 0 aliphatic carbocycles. The predicted octanol–water partition coefficient (Wildman–Crippen LogP) is 0.953. The average Bonchev–Trinajstić information content (AvgIpc) is 2.88. The van der Waals surface area contributed by atoms with Crippen molar-refractivity contribution in [3.63, 3.8) is 0 Å². The van der Waals surface area contributed by atoms with Gasteiger partial charge in [0.2, 0.25) is 10.0 Å². The number of hydrogen-bond donors (Lipinski definition) is 2. The smallest absolute Gasteiger partial charge is 0.327 e. The van der Waals surface area contributed by atoms with Gasteiger partial charge in [0.1, 0.15) is 0 Å². The highest BCUT2D eigenvalue weighted by atomic mass is 32.2. The van der Waals surface area contributed by atoms with Crippen LogP contribution >= 0.6 is 0 Å². The molecule has 7 heteroatoms. The Labute approximate surface area is 124 Å². The standard InChI is InChI=1S/C14H19NO5S/c1-11(12-5-3-2-4-6-12)9-21(18,19)15-14(13(16)17)7-8-20-10-14/h2-6,11,15H,7-10H2,1H3,(H,16,17). The molecule has 1 aromatic rings. The van der Waals surface area contributed by atoms with Crippen LogP contribution < -0.4 is 4.72 Å². The first-order valence-corrected chi connectivity index (χ1v) is 8.38. The molecule has 2 atom stereocenters. The summed E-state index contributed by atoms with van der Waals surface area (Å²) in [5, 5.41) is 9.27. The summed E-state index contributed by atoms with van der Waals surface area (Å²) in [7, 11) is -3.73. The molecule has 2 rings (SSSR count). The van der Waals surface area contributed by atoms with Crippen LogP contribution in [0.4, 0.5) is 0 Å². The van der Waals surface area contributed by atoms with Gasteiger partial charge in [-0.25, -0.2) is 8.42 Å². The molecular formula is C14H19NO5S. The minimum absolute atomic E-state index is 0.138. The van der Waals surface area contributed by atoms with Crippen LogP contribution in [0.1, 0.15) is 24.8 Å². The molecule has 2 unspecified atom stereocenters. The Kier molecular flexibility index (Phi) is 4.65. The molecule has 1 aliphatic heterocycles. The molecular weight excluding hydrogens is 294 g/mol. The Morgan fingerprint density at radius 3 is 2.62 bits per heavy atom. The van der Waals surface area contributed by atoms with Crippen LogP contribution in [0.5, 0.6) is 0 Å². The molecule has 1 heterocycles. The zero-order chi connectivity index (χ0) is 15.5. The van der Waals surface area contributed by atoms with E-state index in [9.17, 15) is 18.3 Å². The van der Waals surface area contributed by atoms with E-state index in [0.717, 1.165) is 5.56 Å². The molecule has 0 bridgehead atoms. The first-order valence-electron chi connectivity index (χ1n) is 6.72. The summed E-state index contributed by atoms with van der Waals surface area (Å²) < 4.78 is 31.9. The lowest BCUT2D eigenvalue weighted by atomic mass is 10.0. The molecule has 0 radical (unpaired) electrons. The summed E-state index contributed by atoms with van der Waals surface area (Å²) in [6.45, 7) is 1.90. The van der Waals surface area contributed by atoms with Gasteiger partial charge in [-0.05, 0) is 11.5 Å². The van der Waals surface area contributed by atoms with Crippen molar-refractivity contribution in [1.29, 1.82) is 0 Å². The number of rotatable bonds is 6. The van der Waals surface area contributed by atoms with Gasteiger partial charge in [0.25, 0.3) is 0 Å². The Morgan fingerprint density at radius 1 is 1.43 bits per heavy atom. The largest absolute Gasteiger partial charge is 0.480 e. The second-order valence-electron chi connectivity index (χ2n) is 5.39. The molecule has 2 N–H and O–H groups in total. The van der Waals surface area contributed by atoms with Crippen molar-refractivity contribution < 1.29 is 23.1 Å². The Balaban J connectivity index is 2.10. The lowest BCUT2D eigenvalue weighted by molar-refractivity contribution is -0.144. The lowest BCUT2D eigenvalue weighted by Gasteiger charge is -2.24. The van der Waals surface area contributed by atoms with Crippen LogP contribution in [0.15, 0.2) is 30.3 Å². The summed E-state index contributed by atoms with van der Waals surface area (Å²) in [4.78, 5) is 11.4. The van der Waals surface area contributed by atoms with Crippen LogP contribution in [0, 0.1) is 0 Å². The van der Waals surface area contributed by atoms with Crippen molar-refractivity contribution in [1.82, 2.24) is 4.72 Å². The summed E-state index contributed by atoms with van der Waals surface area (Å²) in [6.07, 6.45) is 0.140. The van der Waals surface area contributed by atoms with E-state index in [-0.39, 0.29) is 31.3 Å². The molecule has 21 heavy (non-hydrogen) atoms. The molecule has 0 aromatic heterocycles. The van der Waals surface area contributed by atoms with E-state index in [4.69, 9.17) is 4.74 Å². The van der Waals surface area contributed by atoms with Gasteiger partial charge in [-0.2, -0.15) is 4.72 Å². The monoisotopic (exact) mass is 313 g/mol. The number of carboxylic acids is 1. The molecule has 116 valence electrons. The van der Waals surface area contributed by atoms with Gasteiger partial charge in [0.05, 0.1) is 12.4 Å². The highest BCUT2D eigenvalue weighted by Crippen LogP contribution is 2.22. The van der Waals surface area contributed by atoms with E-state index in [2.05, 4.69) is 4.72 Å². The Hall–Kier alpha value is -1.44. The Morgan fingerprint density at radius 2 is 2.10 bits per heavy atom. The third-order valence-corrected chi connectivity index (χ3v) is 5.26. The maximum absolute atomic E-state index is 12.2. The number of aliphatic carboxylic acids is 1. The van der Waals surface area contributed by atoms with E-state index in [1.165, 1.54) is 0 Å². The molecule has 0 saturated carbocycles. The van der Waals surface area contributed by atoms with Crippen molar-refractivity contribution in [3.05, 3.63) is 35.9 Å². The van der Waals surface area contributed by atoms with Crippen LogP contribution in [0.25, 0.3) is 0 Å². The number of nitrogens with one attached hydrogen (secondary N) is 1. The number of ether oxygens (including phenoxy) is 1. The van der Waals surface area contributed by atoms with E-state index < -0.39 is 21.5 Å². The zero-order valence-corrected chi connectivity index (χ0v) is 12.6. The fraction of sp³-hybridized carbons (Fsp3) is 0.500. The van der Waals surface area contributed by atoms with Crippen molar-refractivity contribution in [2.45, 2.75) is 24.8 Å². The normalized spacial score (nSPS) is 23.9. The SMILES string of the molecule is CC(CS(=O)(=O)NC1(C(=O)O)CCOC1)c1ccccc1. The third-order valence-electron chi connectivity index (χ3n) is 3.62. The van der Waals surface area contributed by atoms with Gasteiger partial charge in [0.15, 0.2) is 5.54 Å². The maximum Gasteiger partial charge on any atom is 0.327 e. The number of hydrogen-bond acceptors (Lipinski definition) is 4. The van der Waals surface area contributed by atoms with E-state index in [1.54, 1.807) is 6.92 Å². The number of benzene rings is 1. The molecule has 1 aromatic carbocycles. The summed E-state index contributed by atoms with van der Waals surface area (Å²) in [5.74, 6) is -1.58. The highest BCUT2D eigenvalue weighted by molar-refractivity contribution is 7.89. The zero-order valence-electron chi connectivity index (χ0n) is 11.8.